The lowest BCUT2D eigenvalue weighted by atomic mass is 9.88. The van der Waals surface area contributed by atoms with Crippen molar-refractivity contribution < 1.29 is 9.47 Å². The van der Waals surface area contributed by atoms with E-state index >= 15 is 0 Å². The molecule has 0 unspecified atom stereocenters. The lowest BCUT2D eigenvalue weighted by Crippen LogP contribution is -2.41. The van der Waals surface area contributed by atoms with Crippen molar-refractivity contribution in [1.82, 2.24) is 0 Å². The van der Waals surface area contributed by atoms with E-state index in [0.717, 1.165) is 35.1 Å². The molecule has 0 aliphatic carbocycles. The maximum atomic E-state index is 5.64. The van der Waals surface area contributed by atoms with E-state index in [9.17, 15) is 0 Å². The summed E-state index contributed by atoms with van der Waals surface area (Å²) in [6.45, 7) is 4.85. The number of fused-ring (bicyclic) bond motifs is 2. The van der Waals surface area contributed by atoms with Crippen molar-refractivity contribution in [1.29, 1.82) is 0 Å². The average Bonchev–Trinajstić information content (AvgIpc) is 3.25. The van der Waals surface area contributed by atoms with Crippen LogP contribution in [0, 0.1) is 0 Å². The Balaban J connectivity index is 1.39. The molecule has 2 heterocycles. The zero-order chi connectivity index (χ0) is 21.3. The number of ether oxygens (including phenoxy) is 2. The van der Waals surface area contributed by atoms with Crippen molar-refractivity contribution >= 4 is 28.7 Å². The number of anilines is 2. The molecule has 3 aromatic rings. The molecule has 0 fully saturated rings. The monoisotopic (exact) mass is 429 g/mol. The van der Waals surface area contributed by atoms with Crippen LogP contribution in [0.15, 0.2) is 78.9 Å². The van der Waals surface area contributed by atoms with Gasteiger partial charge in [-0.3, -0.25) is 0 Å². The predicted octanol–water partition coefficient (Wildman–Crippen LogP) is 6.70. The summed E-state index contributed by atoms with van der Waals surface area (Å²) in [5.74, 6) is 3.77. The van der Waals surface area contributed by atoms with Crippen LogP contribution in [0.25, 0.3) is 5.57 Å². The normalized spacial score (nSPS) is 16.1. The molecule has 0 bridgehead atoms. The molecule has 0 saturated heterocycles. The van der Waals surface area contributed by atoms with Gasteiger partial charge in [-0.15, -0.1) is 0 Å². The fraction of sp³-hybridized carbons (Fsp3) is 0.259. The Bertz CT molecular complexity index is 1110. The summed E-state index contributed by atoms with van der Waals surface area (Å²) >= 11 is 2.01. The second-order valence-corrected chi connectivity index (χ2v) is 9.61. The highest BCUT2D eigenvalue weighted by Crippen LogP contribution is 2.46. The molecule has 4 heteroatoms. The van der Waals surface area contributed by atoms with Gasteiger partial charge in [0.1, 0.15) is 0 Å². The van der Waals surface area contributed by atoms with E-state index < -0.39 is 0 Å². The summed E-state index contributed by atoms with van der Waals surface area (Å²) in [6, 6.07) is 25.7. The molecule has 0 aromatic heterocycles. The first-order valence-electron chi connectivity index (χ1n) is 10.7. The van der Waals surface area contributed by atoms with Gasteiger partial charge in [-0.05, 0) is 55.4 Å². The molecular weight excluding hydrogens is 402 g/mol. The average molecular weight is 430 g/mol. The number of thioether (sulfide) groups is 1. The van der Waals surface area contributed by atoms with Gasteiger partial charge in [0.25, 0.3) is 0 Å². The van der Waals surface area contributed by atoms with E-state index in [-0.39, 0.29) is 5.54 Å². The quantitative estimate of drug-likeness (QED) is 0.406. The minimum atomic E-state index is -0.155. The molecule has 2 aliphatic rings. The SMILES string of the molecule is CC1(C)C=C(CSCCc2ccccc2)c2ccccc2N1c1ccc2c(c1)OCO2. The van der Waals surface area contributed by atoms with Gasteiger partial charge in [-0.2, -0.15) is 11.8 Å². The van der Waals surface area contributed by atoms with Gasteiger partial charge in [-0.1, -0.05) is 54.6 Å². The molecule has 0 spiro atoms. The van der Waals surface area contributed by atoms with Crippen LogP contribution < -0.4 is 14.4 Å². The van der Waals surface area contributed by atoms with Gasteiger partial charge in [0.2, 0.25) is 6.79 Å². The van der Waals surface area contributed by atoms with Gasteiger partial charge < -0.3 is 14.4 Å². The van der Waals surface area contributed by atoms with Crippen LogP contribution in [0.1, 0.15) is 25.0 Å². The van der Waals surface area contributed by atoms with Crippen LogP contribution in [-0.4, -0.2) is 23.8 Å². The molecule has 5 rings (SSSR count). The second-order valence-electron chi connectivity index (χ2n) is 8.50. The zero-order valence-electron chi connectivity index (χ0n) is 18.0. The molecule has 0 atom stereocenters. The Morgan fingerprint density at radius 1 is 0.903 bits per heavy atom. The van der Waals surface area contributed by atoms with Crippen molar-refractivity contribution in [3.63, 3.8) is 0 Å². The van der Waals surface area contributed by atoms with E-state index in [4.69, 9.17) is 9.47 Å². The van der Waals surface area contributed by atoms with E-state index in [1.165, 1.54) is 22.4 Å². The predicted molar refractivity (Wildman–Crippen MR) is 131 cm³/mol. The molecule has 0 saturated carbocycles. The Hall–Kier alpha value is -2.85. The van der Waals surface area contributed by atoms with Crippen molar-refractivity contribution in [2.45, 2.75) is 25.8 Å². The van der Waals surface area contributed by atoms with Crippen LogP contribution >= 0.6 is 11.8 Å². The molecular formula is C27H27NO2S. The van der Waals surface area contributed by atoms with Crippen LogP contribution in [0.5, 0.6) is 11.5 Å². The maximum Gasteiger partial charge on any atom is 0.231 e. The van der Waals surface area contributed by atoms with Crippen molar-refractivity contribution in [3.8, 4) is 11.5 Å². The zero-order valence-corrected chi connectivity index (χ0v) is 18.8. The fourth-order valence-corrected chi connectivity index (χ4v) is 5.43. The number of hydrogen-bond acceptors (Lipinski definition) is 4. The topological polar surface area (TPSA) is 21.7 Å². The summed E-state index contributed by atoms with van der Waals surface area (Å²) in [5.41, 5.74) is 6.34. The third-order valence-electron chi connectivity index (χ3n) is 5.84. The standard InChI is InChI=1S/C27H27NO2S/c1-27(2)17-21(18-31-15-14-20-8-4-3-5-9-20)23-10-6-7-11-24(23)28(27)22-12-13-25-26(16-22)30-19-29-25/h3-13,16-17H,14-15,18-19H2,1-2H3. The summed E-state index contributed by atoms with van der Waals surface area (Å²) < 4.78 is 11.2. The first-order chi connectivity index (χ1) is 15.1. The highest BCUT2D eigenvalue weighted by molar-refractivity contribution is 7.99. The number of nitrogens with zero attached hydrogens (tertiary/aromatic N) is 1. The van der Waals surface area contributed by atoms with Gasteiger partial charge in [0.05, 0.1) is 5.54 Å². The summed E-state index contributed by atoms with van der Waals surface area (Å²) in [5, 5.41) is 0. The first-order valence-corrected chi connectivity index (χ1v) is 11.9. The lowest BCUT2D eigenvalue weighted by molar-refractivity contribution is 0.174. The first kappa shape index (κ1) is 20.1. The van der Waals surface area contributed by atoms with E-state index in [1.807, 2.05) is 17.8 Å². The molecule has 0 amide bonds. The van der Waals surface area contributed by atoms with Gasteiger partial charge in [0.15, 0.2) is 11.5 Å². The van der Waals surface area contributed by atoms with Crippen LogP contribution in [0.3, 0.4) is 0 Å². The number of para-hydroxylation sites is 1. The van der Waals surface area contributed by atoms with Crippen LogP contribution in [0.4, 0.5) is 11.4 Å². The molecule has 3 nitrogen and oxygen atoms in total. The molecule has 31 heavy (non-hydrogen) atoms. The van der Waals surface area contributed by atoms with Crippen molar-refractivity contribution in [2.75, 3.05) is 23.2 Å². The molecule has 0 N–H and O–H groups in total. The molecule has 0 radical (unpaired) electrons. The fourth-order valence-electron chi connectivity index (χ4n) is 4.45. The number of rotatable bonds is 6. The molecule has 3 aromatic carbocycles. The van der Waals surface area contributed by atoms with Gasteiger partial charge in [-0.25, -0.2) is 0 Å². The Kier molecular flexibility index (Phi) is 5.41. The smallest absolute Gasteiger partial charge is 0.231 e. The molecule has 158 valence electrons. The number of aryl methyl sites for hydroxylation is 1. The summed E-state index contributed by atoms with van der Waals surface area (Å²) in [6.07, 6.45) is 3.53. The Morgan fingerprint density at radius 2 is 1.68 bits per heavy atom. The Morgan fingerprint density at radius 3 is 2.55 bits per heavy atom. The minimum absolute atomic E-state index is 0.155. The van der Waals surface area contributed by atoms with Gasteiger partial charge >= 0.3 is 0 Å². The minimum Gasteiger partial charge on any atom is -0.454 e. The highest BCUT2D eigenvalue weighted by Gasteiger charge is 2.34. The lowest BCUT2D eigenvalue weighted by Gasteiger charge is -2.43. The molecule has 2 aliphatic heterocycles. The summed E-state index contributed by atoms with van der Waals surface area (Å²) in [7, 11) is 0. The van der Waals surface area contributed by atoms with Crippen LogP contribution in [0.2, 0.25) is 0 Å². The summed E-state index contributed by atoms with van der Waals surface area (Å²) in [4.78, 5) is 2.41. The third kappa shape index (κ3) is 4.05. The maximum absolute atomic E-state index is 5.64. The number of hydrogen-bond donors (Lipinski definition) is 0. The highest BCUT2D eigenvalue weighted by atomic mass is 32.2. The second kappa shape index (κ2) is 8.35. The van der Waals surface area contributed by atoms with Gasteiger partial charge in [0, 0.05) is 28.8 Å². The van der Waals surface area contributed by atoms with Crippen molar-refractivity contribution in [2.24, 2.45) is 0 Å². The van der Waals surface area contributed by atoms with Crippen molar-refractivity contribution in [3.05, 3.63) is 90.0 Å². The third-order valence-corrected chi connectivity index (χ3v) is 6.85. The Labute approximate surface area is 188 Å². The van der Waals surface area contributed by atoms with E-state index in [1.54, 1.807) is 0 Å². The number of benzene rings is 3. The largest absolute Gasteiger partial charge is 0.454 e. The van der Waals surface area contributed by atoms with E-state index in [2.05, 4.69) is 91.6 Å². The van der Waals surface area contributed by atoms with E-state index in [0.29, 0.717) is 6.79 Å². The van der Waals surface area contributed by atoms with Crippen LogP contribution in [-0.2, 0) is 6.42 Å².